The third kappa shape index (κ3) is 5.27. The Morgan fingerprint density at radius 2 is 1.91 bits per heavy atom. The van der Waals surface area contributed by atoms with Gasteiger partial charge in [-0.25, -0.2) is 0 Å². The minimum atomic E-state index is -0.288. The van der Waals surface area contributed by atoms with E-state index in [4.69, 9.17) is 27.9 Å². The van der Waals surface area contributed by atoms with E-state index in [0.717, 1.165) is 5.56 Å². The van der Waals surface area contributed by atoms with Crippen molar-refractivity contribution in [2.24, 2.45) is 0 Å². The highest BCUT2D eigenvalue weighted by molar-refractivity contribution is 6.35. The minimum Gasteiger partial charge on any atom is -0.484 e. The van der Waals surface area contributed by atoms with Gasteiger partial charge in [0.05, 0.1) is 0 Å². The molecule has 120 valence electrons. The van der Waals surface area contributed by atoms with Gasteiger partial charge in [0.2, 0.25) is 0 Å². The summed E-state index contributed by atoms with van der Waals surface area (Å²) in [6.07, 6.45) is 0. The van der Waals surface area contributed by atoms with Crippen LogP contribution in [-0.2, 0) is 11.3 Å². The van der Waals surface area contributed by atoms with Crippen molar-refractivity contribution in [3.63, 3.8) is 0 Å². The molecule has 0 aliphatic heterocycles. The van der Waals surface area contributed by atoms with Crippen molar-refractivity contribution in [1.82, 2.24) is 5.32 Å². The molecule has 1 amide bonds. The summed E-state index contributed by atoms with van der Waals surface area (Å²) < 4.78 is 5.38. The van der Waals surface area contributed by atoms with Crippen molar-refractivity contribution in [1.29, 1.82) is 0 Å². The maximum absolute atomic E-state index is 11.8. The molecule has 2 aromatic rings. The zero-order valence-corrected chi connectivity index (χ0v) is 13.9. The summed E-state index contributed by atoms with van der Waals surface area (Å²) >= 11 is 11.9. The van der Waals surface area contributed by atoms with Crippen molar-refractivity contribution in [2.75, 3.05) is 6.61 Å². The highest BCUT2D eigenvalue weighted by Gasteiger charge is 2.07. The third-order valence-corrected chi connectivity index (χ3v) is 3.69. The molecule has 6 heteroatoms. The molecule has 2 rings (SSSR count). The number of carbonyl (C=O) groups is 2. The number of hydrogen-bond acceptors (Lipinski definition) is 3. The van der Waals surface area contributed by atoms with Gasteiger partial charge in [-0.05, 0) is 36.8 Å². The second kappa shape index (κ2) is 7.99. The first-order chi connectivity index (χ1) is 11.0. The Kier molecular flexibility index (Phi) is 6.02. The topological polar surface area (TPSA) is 55.4 Å². The minimum absolute atomic E-state index is 0.0581. The lowest BCUT2D eigenvalue weighted by molar-refractivity contribution is -0.123. The van der Waals surface area contributed by atoms with Gasteiger partial charge in [0.25, 0.3) is 5.91 Å². The molecule has 0 unspecified atom stereocenters. The van der Waals surface area contributed by atoms with Crippen molar-refractivity contribution in [3.05, 3.63) is 63.6 Å². The van der Waals surface area contributed by atoms with Crippen LogP contribution < -0.4 is 10.1 Å². The second-order valence-corrected chi connectivity index (χ2v) is 5.73. The molecule has 0 radical (unpaired) electrons. The van der Waals surface area contributed by atoms with Crippen LogP contribution in [0.5, 0.6) is 5.75 Å². The first-order valence-corrected chi connectivity index (χ1v) is 7.66. The van der Waals surface area contributed by atoms with E-state index in [9.17, 15) is 9.59 Å². The number of rotatable bonds is 6. The van der Waals surface area contributed by atoms with Crippen LogP contribution >= 0.6 is 23.2 Å². The van der Waals surface area contributed by atoms with Gasteiger partial charge in [0.1, 0.15) is 5.75 Å². The molecule has 4 nitrogen and oxygen atoms in total. The van der Waals surface area contributed by atoms with E-state index in [1.54, 1.807) is 42.5 Å². The van der Waals surface area contributed by atoms with Gasteiger partial charge >= 0.3 is 0 Å². The number of ketones is 1. The second-order valence-electron chi connectivity index (χ2n) is 4.89. The number of carbonyl (C=O) groups excluding carboxylic acids is 2. The highest BCUT2D eigenvalue weighted by atomic mass is 35.5. The number of halogens is 2. The van der Waals surface area contributed by atoms with E-state index in [1.807, 2.05) is 0 Å². The van der Waals surface area contributed by atoms with Crippen LogP contribution in [0.25, 0.3) is 0 Å². The molecule has 0 aliphatic carbocycles. The first kappa shape index (κ1) is 17.3. The summed E-state index contributed by atoms with van der Waals surface area (Å²) in [4.78, 5) is 23.1. The molecule has 0 fully saturated rings. The molecule has 0 aliphatic rings. The number of Topliss-reactive ketones (excluding diaryl/α,β-unsaturated/α-hetero) is 1. The molecule has 0 atom stereocenters. The van der Waals surface area contributed by atoms with Crippen LogP contribution in [0.4, 0.5) is 0 Å². The maximum Gasteiger partial charge on any atom is 0.258 e. The largest absolute Gasteiger partial charge is 0.484 e. The predicted molar refractivity (Wildman–Crippen MR) is 90.3 cm³/mol. The van der Waals surface area contributed by atoms with Crippen LogP contribution in [0.3, 0.4) is 0 Å². The summed E-state index contributed by atoms with van der Waals surface area (Å²) in [5.74, 6) is 0.124. The van der Waals surface area contributed by atoms with Crippen LogP contribution in [0, 0.1) is 0 Å². The monoisotopic (exact) mass is 351 g/mol. The lowest BCUT2D eigenvalue weighted by atomic mass is 10.1. The smallest absolute Gasteiger partial charge is 0.258 e. The zero-order valence-electron chi connectivity index (χ0n) is 12.4. The van der Waals surface area contributed by atoms with E-state index in [-0.39, 0.29) is 24.8 Å². The van der Waals surface area contributed by atoms with Crippen LogP contribution in [0.2, 0.25) is 10.0 Å². The van der Waals surface area contributed by atoms with Gasteiger partial charge in [-0.1, -0.05) is 41.4 Å². The number of nitrogens with one attached hydrogen (secondary N) is 1. The normalized spacial score (nSPS) is 10.2. The van der Waals surface area contributed by atoms with E-state index in [0.29, 0.717) is 21.4 Å². The fourth-order valence-corrected chi connectivity index (χ4v) is 2.34. The average molecular weight is 352 g/mol. The van der Waals surface area contributed by atoms with E-state index in [2.05, 4.69) is 5.32 Å². The summed E-state index contributed by atoms with van der Waals surface area (Å²) in [6, 6.07) is 11.8. The Hall–Kier alpha value is -2.04. The molecule has 0 saturated carbocycles. The highest BCUT2D eigenvalue weighted by Crippen LogP contribution is 2.20. The molecule has 0 bridgehead atoms. The summed E-state index contributed by atoms with van der Waals surface area (Å²) in [6.45, 7) is 1.61. The fourth-order valence-electron chi connectivity index (χ4n) is 1.86. The van der Waals surface area contributed by atoms with E-state index in [1.165, 1.54) is 6.92 Å². The Balaban J connectivity index is 1.85. The Bertz CT molecular complexity index is 732. The van der Waals surface area contributed by atoms with Gasteiger partial charge in [-0.2, -0.15) is 0 Å². The number of benzene rings is 2. The van der Waals surface area contributed by atoms with Gasteiger partial charge in [0.15, 0.2) is 12.4 Å². The zero-order chi connectivity index (χ0) is 16.8. The van der Waals surface area contributed by atoms with Crippen LogP contribution in [0.15, 0.2) is 42.5 Å². The van der Waals surface area contributed by atoms with Gasteiger partial charge in [-0.3, -0.25) is 9.59 Å². The lowest BCUT2D eigenvalue weighted by Gasteiger charge is -2.09. The summed E-state index contributed by atoms with van der Waals surface area (Å²) in [5.41, 5.74) is 1.30. The summed E-state index contributed by atoms with van der Waals surface area (Å²) in [5, 5.41) is 3.74. The molecule has 0 spiro atoms. The molecule has 0 aromatic heterocycles. The van der Waals surface area contributed by atoms with Crippen molar-refractivity contribution in [2.45, 2.75) is 13.5 Å². The third-order valence-electron chi connectivity index (χ3n) is 3.10. The molecule has 0 saturated heterocycles. The van der Waals surface area contributed by atoms with Crippen LogP contribution in [0.1, 0.15) is 22.8 Å². The maximum atomic E-state index is 11.8. The standard InChI is InChI=1S/C17H15Cl2NO3/c1-11(21)12-3-2-4-15(7-12)23-10-17(22)20-9-13-5-6-14(18)8-16(13)19/h2-8H,9-10H2,1H3,(H,20,22). The number of amides is 1. The van der Waals surface area contributed by atoms with Crippen molar-refractivity contribution < 1.29 is 14.3 Å². The number of hydrogen-bond donors (Lipinski definition) is 1. The Morgan fingerprint density at radius 1 is 1.13 bits per heavy atom. The molecule has 1 N–H and O–H groups in total. The summed E-state index contributed by atoms with van der Waals surface area (Å²) in [7, 11) is 0. The molecule has 2 aromatic carbocycles. The van der Waals surface area contributed by atoms with Gasteiger partial charge in [-0.15, -0.1) is 0 Å². The Labute approximate surface area is 144 Å². The predicted octanol–water partition coefficient (Wildman–Crippen LogP) is 3.89. The average Bonchev–Trinajstić information content (AvgIpc) is 2.52. The van der Waals surface area contributed by atoms with Gasteiger partial charge < -0.3 is 10.1 Å². The van der Waals surface area contributed by atoms with Gasteiger partial charge in [0, 0.05) is 22.2 Å². The fraction of sp³-hybridized carbons (Fsp3) is 0.176. The molecular weight excluding hydrogens is 337 g/mol. The molecule has 23 heavy (non-hydrogen) atoms. The molecule has 0 heterocycles. The first-order valence-electron chi connectivity index (χ1n) is 6.90. The SMILES string of the molecule is CC(=O)c1cccc(OCC(=O)NCc2ccc(Cl)cc2Cl)c1. The van der Waals surface area contributed by atoms with Crippen molar-refractivity contribution >= 4 is 34.9 Å². The van der Waals surface area contributed by atoms with E-state index >= 15 is 0 Å². The van der Waals surface area contributed by atoms with Crippen LogP contribution in [-0.4, -0.2) is 18.3 Å². The quantitative estimate of drug-likeness (QED) is 0.803. The van der Waals surface area contributed by atoms with E-state index < -0.39 is 0 Å². The molecular formula is C17H15Cl2NO3. The Morgan fingerprint density at radius 3 is 2.61 bits per heavy atom. The number of ether oxygens (including phenoxy) is 1. The lowest BCUT2D eigenvalue weighted by Crippen LogP contribution is -2.28. The van der Waals surface area contributed by atoms with Crippen molar-refractivity contribution in [3.8, 4) is 5.75 Å².